The van der Waals surface area contributed by atoms with Crippen LogP contribution in [0.1, 0.15) is 35.5 Å². The first-order valence-corrected chi connectivity index (χ1v) is 6.49. The molecule has 0 spiro atoms. The van der Waals surface area contributed by atoms with Crippen LogP contribution in [-0.2, 0) is 6.42 Å². The second-order valence-electron chi connectivity index (χ2n) is 4.61. The van der Waals surface area contributed by atoms with E-state index in [2.05, 4.69) is 10.2 Å². The number of nitrogens with zero attached hydrogens (tertiary/aromatic N) is 2. The Morgan fingerprint density at radius 2 is 2.00 bits per heavy atom. The van der Waals surface area contributed by atoms with Gasteiger partial charge in [-0.25, -0.2) is 4.39 Å². The van der Waals surface area contributed by atoms with Crippen LogP contribution in [0.5, 0.6) is 5.75 Å². The largest absolute Gasteiger partial charge is 0.496 e. The van der Waals surface area contributed by atoms with Gasteiger partial charge in [0.2, 0.25) is 0 Å². The molecule has 2 rings (SSSR count). The van der Waals surface area contributed by atoms with Gasteiger partial charge in [-0.3, -0.25) is 0 Å². The van der Waals surface area contributed by atoms with E-state index in [0.29, 0.717) is 17.7 Å². The summed E-state index contributed by atoms with van der Waals surface area (Å²) < 4.78 is 18.7. The fraction of sp³-hybridized carbons (Fsp3) is 0.333. The van der Waals surface area contributed by atoms with E-state index < -0.39 is 6.04 Å². The van der Waals surface area contributed by atoms with Gasteiger partial charge in [0.25, 0.3) is 0 Å². The molecule has 0 saturated heterocycles. The topological polar surface area (TPSA) is 61.0 Å². The lowest BCUT2D eigenvalue weighted by atomic mass is 9.96. The summed E-state index contributed by atoms with van der Waals surface area (Å²) in [5, 5.41) is 8.19. The van der Waals surface area contributed by atoms with Crippen molar-refractivity contribution in [3.05, 3.63) is 52.6 Å². The molecule has 1 heterocycles. The molecule has 2 aromatic rings. The Morgan fingerprint density at radius 3 is 2.65 bits per heavy atom. The fourth-order valence-corrected chi connectivity index (χ4v) is 2.19. The lowest BCUT2D eigenvalue weighted by Crippen LogP contribution is -2.17. The van der Waals surface area contributed by atoms with Gasteiger partial charge < -0.3 is 10.5 Å². The molecule has 1 aromatic heterocycles. The molecule has 0 radical (unpaired) electrons. The Hall–Kier alpha value is -2.01. The van der Waals surface area contributed by atoms with Crippen LogP contribution in [0.2, 0.25) is 0 Å². The van der Waals surface area contributed by atoms with Gasteiger partial charge in [0.05, 0.1) is 24.5 Å². The molecule has 2 N–H and O–H groups in total. The highest BCUT2D eigenvalue weighted by molar-refractivity contribution is 5.43. The molecular formula is C15H18FN3O. The van der Waals surface area contributed by atoms with Crippen LogP contribution >= 0.6 is 0 Å². The zero-order chi connectivity index (χ0) is 14.7. The lowest BCUT2D eigenvalue weighted by molar-refractivity contribution is 0.406. The molecule has 0 aliphatic heterocycles. The minimum absolute atomic E-state index is 0.340. The number of rotatable bonds is 4. The third kappa shape index (κ3) is 2.77. The SMILES string of the molecule is CCc1nnc(C)cc1C(N)c1cc(F)ccc1OC. The fourth-order valence-electron chi connectivity index (χ4n) is 2.19. The summed E-state index contributed by atoms with van der Waals surface area (Å²) in [6.45, 7) is 3.84. The van der Waals surface area contributed by atoms with Crippen molar-refractivity contribution < 1.29 is 9.13 Å². The van der Waals surface area contributed by atoms with E-state index in [0.717, 1.165) is 17.0 Å². The summed E-state index contributed by atoms with van der Waals surface area (Å²) in [7, 11) is 1.54. The minimum atomic E-state index is -0.496. The minimum Gasteiger partial charge on any atom is -0.496 e. The van der Waals surface area contributed by atoms with E-state index in [1.807, 2.05) is 19.9 Å². The first-order chi connectivity index (χ1) is 9.56. The van der Waals surface area contributed by atoms with Crippen molar-refractivity contribution in [1.82, 2.24) is 10.2 Å². The van der Waals surface area contributed by atoms with Gasteiger partial charge in [0, 0.05) is 5.56 Å². The maximum atomic E-state index is 13.5. The van der Waals surface area contributed by atoms with Crippen molar-refractivity contribution in [3.63, 3.8) is 0 Å². The summed E-state index contributed by atoms with van der Waals surface area (Å²) in [4.78, 5) is 0. The Bertz CT molecular complexity index is 563. The van der Waals surface area contributed by atoms with Crippen molar-refractivity contribution in [2.75, 3.05) is 7.11 Å². The van der Waals surface area contributed by atoms with E-state index in [1.165, 1.54) is 12.1 Å². The number of halogens is 1. The monoisotopic (exact) mass is 275 g/mol. The molecule has 1 atom stereocenters. The van der Waals surface area contributed by atoms with Crippen LogP contribution in [-0.4, -0.2) is 17.3 Å². The van der Waals surface area contributed by atoms with E-state index >= 15 is 0 Å². The number of hydrogen-bond acceptors (Lipinski definition) is 4. The Kier molecular flexibility index (Phi) is 4.29. The van der Waals surface area contributed by atoms with Crippen LogP contribution in [0, 0.1) is 12.7 Å². The number of hydrogen-bond donors (Lipinski definition) is 1. The average molecular weight is 275 g/mol. The first kappa shape index (κ1) is 14.4. The standard InChI is InChI=1S/C15H18FN3O/c1-4-13-11(7-9(2)18-19-13)15(17)12-8-10(16)5-6-14(12)20-3/h5-8,15H,4,17H2,1-3H3. The molecule has 4 nitrogen and oxygen atoms in total. The molecular weight excluding hydrogens is 257 g/mol. The zero-order valence-electron chi connectivity index (χ0n) is 11.9. The molecule has 0 amide bonds. The highest BCUT2D eigenvalue weighted by Gasteiger charge is 2.19. The van der Waals surface area contributed by atoms with Gasteiger partial charge in [-0.1, -0.05) is 6.92 Å². The molecule has 0 bridgehead atoms. The number of methoxy groups -OCH3 is 1. The van der Waals surface area contributed by atoms with Crippen molar-refractivity contribution in [1.29, 1.82) is 0 Å². The quantitative estimate of drug-likeness (QED) is 0.931. The average Bonchev–Trinajstić information content (AvgIpc) is 2.46. The van der Waals surface area contributed by atoms with Gasteiger partial charge in [-0.2, -0.15) is 10.2 Å². The number of nitrogens with two attached hydrogens (primary N) is 1. The second-order valence-corrected chi connectivity index (χ2v) is 4.61. The van der Waals surface area contributed by atoms with E-state index in [1.54, 1.807) is 13.2 Å². The third-order valence-corrected chi connectivity index (χ3v) is 3.22. The van der Waals surface area contributed by atoms with E-state index in [-0.39, 0.29) is 5.82 Å². The van der Waals surface area contributed by atoms with Crippen molar-refractivity contribution in [2.24, 2.45) is 5.73 Å². The maximum Gasteiger partial charge on any atom is 0.124 e. The van der Waals surface area contributed by atoms with Crippen molar-refractivity contribution in [3.8, 4) is 5.75 Å². The summed E-state index contributed by atoms with van der Waals surface area (Å²) in [6, 6.07) is 5.73. The highest BCUT2D eigenvalue weighted by atomic mass is 19.1. The molecule has 1 aromatic carbocycles. The zero-order valence-corrected chi connectivity index (χ0v) is 11.9. The molecule has 5 heteroatoms. The van der Waals surface area contributed by atoms with Gasteiger partial charge in [0.1, 0.15) is 11.6 Å². The number of benzene rings is 1. The van der Waals surface area contributed by atoms with Crippen LogP contribution < -0.4 is 10.5 Å². The third-order valence-electron chi connectivity index (χ3n) is 3.22. The van der Waals surface area contributed by atoms with Gasteiger partial charge in [0.15, 0.2) is 0 Å². The Balaban J connectivity index is 2.53. The molecule has 0 aliphatic carbocycles. The molecule has 0 saturated carbocycles. The number of aryl methyl sites for hydroxylation is 2. The normalized spacial score (nSPS) is 12.2. The summed E-state index contributed by atoms with van der Waals surface area (Å²) in [5.74, 6) is 0.225. The summed E-state index contributed by atoms with van der Waals surface area (Å²) in [6.07, 6.45) is 0.716. The van der Waals surface area contributed by atoms with Crippen LogP contribution in [0.25, 0.3) is 0 Å². The van der Waals surface area contributed by atoms with Gasteiger partial charge in [-0.15, -0.1) is 0 Å². The van der Waals surface area contributed by atoms with Gasteiger partial charge in [-0.05, 0) is 43.2 Å². The van der Waals surface area contributed by atoms with Crippen LogP contribution in [0.15, 0.2) is 24.3 Å². The van der Waals surface area contributed by atoms with E-state index in [4.69, 9.17) is 10.5 Å². The van der Waals surface area contributed by atoms with Crippen LogP contribution in [0.3, 0.4) is 0 Å². The molecule has 106 valence electrons. The van der Waals surface area contributed by atoms with Crippen molar-refractivity contribution in [2.45, 2.75) is 26.3 Å². The van der Waals surface area contributed by atoms with Crippen molar-refractivity contribution >= 4 is 0 Å². The first-order valence-electron chi connectivity index (χ1n) is 6.49. The lowest BCUT2D eigenvalue weighted by Gasteiger charge is -2.18. The summed E-state index contributed by atoms with van der Waals surface area (Å²) in [5.41, 5.74) is 9.34. The number of ether oxygens (including phenoxy) is 1. The maximum absolute atomic E-state index is 13.5. The Labute approximate surface area is 117 Å². The predicted octanol–water partition coefficient (Wildman–Crippen LogP) is 2.54. The smallest absolute Gasteiger partial charge is 0.124 e. The second kappa shape index (κ2) is 5.96. The van der Waals surface area contributed by atoms with E-state index in [9.17, 15) is 4.39 Å². The highest BCUT2D eigenvalue weighted by Crippen LogP contribution is 2.30. The molecule has 1 unspecified atom stereocenters. The molecule has 0 aliphatic rings. The van der Waals surface area contributed by atoms with Crippen LogP contribution in [0.4, 0.5) is 4.39 Å². The molecule has 20 heavy (non-hydrogen) atoms. The summed E-state index contributed by atoms with van der Waals surface area (Å²) >= 11 is 0. The molecule has 0 fully saturated rings. The predicted molar refractivity (Wildman–Crippen MR) is 75.1 cm³/mol. The van der Waals surface area contributed by atoms with Gasteiger partial charge >= 0.3 is 0 Å². The number of aromatic nitrogens is 2. The Morgan fingerprint density at radius 1 is 1.25 bits per heavy atom.